The first-order valence-electron chi connectivity index (χ1n) is 8.69. The summed E-state index contributed by atoms with van der Waals surface area (Å²) in [6, 6.07) is -0.136. The van der Waals surface area contributed by atoms with E-state index in [1.807, 2.05) is 13.1 Å². The third-order valence-electron chi connectivity index (χ3n) is 4.97. The van der Waals surface area contributed by atoms with E-state index in [1.165, 1.54) is 0 Å². The highest BCUT2D eigenvalue weighted by molar-refractivity contribution is 5.73. The van der Waals surface area contributed by atoms with Crippen LogP contribution in [0, 0.1) is 12.3 Å². The third-order valence-corrected chi connectivity index (χ3v) is 4.97. The van der Waals surface area contributed by atoms with Gasteiger partial charge in [0.2, 0.25) is 0 Å². The molecule has 1 saturated carbocycles. The molecule has 1 aliphatic rings. The molecule has 130 valence electrons. The number of carbonyl (C=O) groups excluding carboxylic acids is 1. The fourth-order valence-corrected chi connectivity index (χ4v) is 3.18. The van der Waals surface area contributed by atoms with Crippen LogP contribution in [0.25, 0.3) is 0 Å². The number of hydrogen-bond donors (Lipinski definition) is 3. The summed E-state index contributed by atoms with van der Waals surface area (Å²) in [5, 5.41) is 15.9. The SMILES string of the molecule is Cc1nccn1CCCCNC(=O)NCC1(C)CCCCC1O. The predicted molar refractivity (Wildman–Crippen MR) is 90.2 cm³/mol. The number of amides is 2. The molecule has 0 radical (unpaired) electrons. The number of imidazole rings is 1. The second-order valence-electron chi connectivity index (χ2n) is 6.90. The van der Waals surface area contributed by atoms with Gasteiger partial charge in [-0.25, -0.2) is 9.78 Å². The van der Waals surface area contributed by atoms with Gasteiger partial charge in [-0.05, 0) is 32.6 Å². The molecule has 1 aromatic rings. The summed E-state index contributed by atoms with van der Waals surface area (Å²) in [5.41, 5.74) is -0.186. The minimum absolute atomic E-state index is 0.136. The first-order chi connectivity index (χ1) is 11.0. The van der Waals surface area contributed by atoms with E-state index >= 15 is 0 Å². The number of aryl methyl sites for hydroxylation is 2. The topological polar surface area (TPSA) is 79.2 Å². The highest BCUT2D eigenvalue weighted by atomic mass is 16.3. The molecule has 1 aliphatic carbocycles. The molecule has 6 heteroatoms. The van der Waals surface area contributed by atoms with Crippen LogP contribution in [0.15, 0.2) is 12.4 Å². The van der Waals surface area contributed by atoms with Crippen LogP contribution < -0.4 is 10.6 Å². The number of hydrogen-bond acceptors (Lipinski definition) is 3. The van der Waals surface area contributed by atoms with Gasteiger partial charge in [0.05, 0.1) is 6.10 Å². The van der Waals surface area contributed by atoms with E-state index < -0.39 is 0 Å². The summed E-state index contributed by atoms with van der Waals surface area (Å²) in [4.78, 5) is 16.0. The Kier molecular flexibility index (Phi) is 6.45. The van der Waals surface area contributed by atoms with Gasteiger partial charge in [0, 0.05) is 37.4 Å². The highest BCUT2D eigenvalue weighted by Crippen LogP contribution is 2.35. The molecule has 2 atom stereocenters. The lowest BCUT2D eigenvalue weighted by Gasteiger charge is -2.38. The van der Waals surface area contributed by atoms with Crippen LogP contribution in [-0.4, -0.2) is 39.9 Å². The number of aliphatic hydroxyl groups is 1. The molecule has 0 saturated heterocycles. The van der Waals surface area contributed by atoms with E-state index in [0.717, 1.165) is 50.9 Å². The standard InChI is InChI=1S/C17H30N4O2/c1-14-18-10-12-21(14)11-6-5-9-19-16(23)20-13-17(2)8-4-3-7-15(17)22/h10,12,15,22H,3-9,11,13H2,1-2H3,(H2,19,20,23). The van der Waals surface area contributed by atoms with Crippen molar-refractivity contribution in [2.75, 3.05) is 13.1 Å². The lowest BCUT2D eigenvalue weighted by atomic mass is 9.73. The molecule has 0 aromatic carbocycles. The number of nitrogens with zero attached hydrogens (tertiary/aromatic N) is 2. The van der Waals surface area contributed by atoms with Crippen molar-refractivity contribution in [3.8, 4) is 0 Å². The van der Waals surface area contributed by atoms with Gasteiger partial charge in [0.25, 0.3) is 0 Å². The smallest absolute Gasteiger partial charge is 0.314 e. The van der Waals surface area contributed by atoms with Gasteiger partial charge < -0.3 is 20.3 Å². The van der Waals surface area contributed by atoms with Crippen molar-refractivity contribution < 1.29 is 9.90 Å². The minimum atomic E-state index is -0.310. The molecular weight excluding hydrogens is 292 g/mol. The zero-order chi connectivity index (χ0) is 16.7. The van der Waals surface area contributed by atoms with Crippen LogP contribution in [0.1, 0.15) is 51.3 Å². The summed E-state index contributed by atoms with van der Waals surface area (Å²) in [6.07, 6.45) is 9.44. The fraction of sp³-hybridized carbons (Fsp3) is 0.765. The van der Waals surface area contributed by atoms with Crippen LogP contribution in [0.5, 0.6) is 0 Å². The van der Waals surface area contributed by atoms with Crippen molar-refractivity contribution in [1.29, 1.82) is 0 Å². The molecule has 2 unspecified atom stereocenters. The molecule has 0 aliphatic heterocycles. The number of urea groups is 1. The van der Waals surface area contributed by atoms with Crippen LogP contribution in [0.3, 0.4) is 0 Å². The van der Waals surface area contributed by atoms with Crippen molar-refractivity contribution in [2.24, 2.45) is 5.41 Å². The Hall–Kier alpha value is -1.56. The number of carbonyl (C=O) groups is 1. The van der Waals surface area contributed by atoms with E-state index in [4.69, 9.17) is 0 Å². The van der Waals surface area contributed by atoms with E-state index in [1.54, 1.807) is 6.20 Å². The van der Waals surface area contributed by atoms with Crippen molar-refractivity contribution in [3.63, 3.8) is 0 Å². The Morgan fingerprint density at radius 3 is 2.96 bits per heavy atom. The Morgan fingerprint density at radius 2 is 2.26 bits per heavy atom. The number of aliphatic hydroxyl groups excluding tert-OH is 1. The number of nitrogens with one attached hydrogen (secondary N) is 2. The lowest BCUT2D eigenvalue weighted by Crippen LogP contribution is -2.47. The zero-order valence-corrected chi connectivity index (χ0v) is 14.3. The van der Waals surface area contributed by atoms with E-state index in [2.05, 4.69) is 27.1 Å². The predicted octanol–water partition coefficient (Wildman–Crippen LogP) is 2.21. The normalized spacial score (nSPS) is 24.4. The first kappa shape index (κ1) is 17.8. The zero-order valence-electron chi connectivity index (χ0n) is 14.3. The van der Waals surface area contributed by atoms with Crippen LogP contribution in [0.4, 0.5) is 4.79 Å². The maximum absolute atomic E-state index is 11.9. The molecular formula is C17H30N4O2. The van der Waals surface area contributed by atoms with E-state index in [0.29, 0.717) is 13.1 Å². The van der Waals surface area contributed by atoms with E-state index in [-0.39, 0.29) is 17.6 Å². The summed E-state index contributed by atoms with van der Waals surface area (Å²) in [6.45, 7) is 6.18. The number of aromatic nitrogens is 2. The lowest BCUT2D eigenvalue weighted by molar-refractivity contribution is 0.00309. The first-order valence-corrected chi connectivity index (χ1v) is 8.69. The quantitative estimate of drug-likeness (QED) is 0.673. The molecule has 3 N–H and O–H groups in total. The summed E-state index contributed by atoms with van der Waals surface area (Å²) < 4.78 is 2.12. The molecule has 1 fully saturated rings. The molecule has 2 rings (SSSR count). The minimum Gasteiger partial charge on any atom is -0.392 e. The largest absolute Gasteiger partial charge is 0.392 e. The monoisotopic (exact) mass is 322 g/mol. The van der Waals surface area contributed by atoms with Crippen LogP contribution in [0.2, 0.25) is 0 Å². The van der Waals surface area contributed by atoms with Crippen LogP contribution in [-0.2, 0) is 6.54 Å². The molecule has 1 aromatic heterocycles. The molecule has 2 amide bonds. The maximum Gasteiger partial charge on any atom is 0.314 e. The average Bonchev–Trinajstić information content (AvgIpc) is 2.93. The third kappa shape index (κ3) is 5.23. The fourth-order valence-electron chi connectivity index (χ4n) is 3.18. The molecule has 23 heavy (non-hydrogen) atoms. The van der Waals surface area contributed by atoms with Gasteiger partial charge in [0.15, 0.2) is 0 Å². The summed E-state index contributed by atoms with van der Waals surface area (Å²) in [7, 11) is 0. The van der Waals surface area contributed by atoms with Crippen molar-refractivity contribution in [1.82, 2.24) is 20.2 Å². The second kappa shape index (κ2) is 8.34. The number of unbranched alkanes of at least 4 members (excludes halogenated alkanes) is 1. The van der Waals surface area contributed by atoms with E-state index in [9.17, 15) is 9.90 Å². The Bertz CT molecular complexity index is 503. The molecule has 1 heterocycles. The average molecular weight is 322 g/mol. The highest BCUT2D eigenvalue weighted by Gasteiger charge is 2.35. The maximum atomic E-state index is 11.9. The summed E-state index contributed by atoms with van der Waals surface area (Å²) >= 11 is 0. The van der Waals surface area contributed by atoms with Crippen LogP contribution >= 0.6 is 0 Å². The van der Waals surface area contributed by atoms with Gasteiger partial charge >= 0.3 is 6.03 Å². The van der Waals surface area contributed by atoms with Gasteiger partial charge in [-0.1, -0.05) is 19.8 Å². The molecule has 6 nitrogen and oxygen atoms in total. The van der Waals surface area contributed by atoms with Gasteiger partial charge in [-0.2, -0.15) is 0 Å². The Labute approximate surface area is 138 Å². The summed E-state index contributed by atoms with van der Waals surface area (Å²) in [5.74, 6) is 1.02. The Balaban J connectivity index is 1.57. The van der Waals surface area contributed by atoms with Gasteiger partial charge in [-0.3, -0.25) is 0 Å². The number of rotatable bonds is 7. The van der Waals surface area contributed by atoms with Crippen molar-refractivity contribution in [3.05, 3.63) is 18.2 Å². The van der Waals surface area contributed by atoms with Gasteiger partial charge in [-0.15, -0.1) is 0 Å². The van der Waals surface area contributed by atoms with Crippen molar-refractivity contribution in [2.45, 2.75) is 65.0 Å². The van der Waals surface area contributed by atoms with Gasteiger partial charge in [0.1, 0.15) is 5.82 Å². The van der Waals surface area contributed by atoms with Crippen molar-refractivity contribution >= 4 is 6.03 Å². The second-order valence-corrected chi connectivity index (χ2v) is 6.90. The molecule has 0 spiro atoms. The Morgan fingerprint density at radius 1 is 1.43 bits per heavy atom. The molecule has 0 bridgehead atoms.